The maximum absolute atomic E-state index is 2.35. The molecule has 1 aliphatic rings. The molecule has 0 heterocycles. The monoisotopic (exact) mass is 194 g/mol. The maximum atomic E-state index is 2.35. The van der Waals surface area contributed by atoms with Gasteiger partial charge in [-0.2, -0.15) is 0 Å². The van der Waals surface area contributed by atoms with Gasteiger partial charge >= 0.3 is 0 Å². The van der Waals surface area contributed by atoms with E-state index in [0.717, 1.165) is 0 Å². The Hall–Kier alpha value is -1.56. The molecule has 0 spiro atoms. The van der Waals surface area contributed by atoms with E-state index in [1.54, 1.807) is 0 Å². The average Bonchev–Trinajstić information content (AvgIpc) is 2.82. The van der Waals surface area contributed by atoms with Crippen molar-refractivity contribution in [2.24, 2.45) is 0 Å². The fourth-order valence-electron chi connectivity index (χ4n) is 2.47. The van der Waals surface area contributed by atoms with Gasteiger partial charge in [0, 0.05) is 5.92 Å². The highest BCUT2D eigenvalue weighted by Gasteiger charge is 2.13. The molecular formula is C15H14. The summed E-state index contributed by atoms with van der Waals surface area (Å²) in [5.41, 5.74) is 1.49. The zero-order valence-electron chi connectivity index (χ0n) is 8.69. The van der Waals surface area contributed by atoms with Crippen LogP contribution in [0.25, 0.3) is 10.8 Å². The molecule has 0 nitrogen and oxygen atoms in total. The number of allylic oxidation sites excluding steroid dienone is 2. The molecule has 3 rings (SSSR count). The predicted octanol–water partition coefficient (Wildman–Crippen LogP) is 4.27. The van der Waals surface area contributed by atoms with E-state index < -0.39 is 0 Å². The molecule has 15 heavy (non-hydrogen) atoms. The summed E-state index contributed by atoms with van der Waals surface area (Å²) in [7, 11) is 0. The van der Waals surface area contributed by atoms with Crippen molar-refractivity contribution >= 4 is 10.8 Å². The minimum atomic E-state index is 0.635. The van der Waals surface area contributed by atoms with Crippen molar-refractivity contribution in [3.05, 3.63) is 60.2 Å². The summed E-state index contributed by atoms with van der Waals surface area (Å²) in [4.78, 5) is 0. The highest BCUT2D eigenvalue weighted by Crippen LogP contribution is 2.32. The maximum Gasteiger partial charge on any atom is 0.00270 e. The zero-order chi connectivity index (χ0) is 10.1. The third-order valence-corrected chi connectivity index (χ3v) is 3.24. The van der Waals surface area contributed by atoms with Gasteiger partial charge in [-0.15, -0.1) is 0 Å². The van der Waals surface area contributed by atoms with Crippen LogP contribution in [-0.2, 0) is 0 Å². The van der Waals surface area contributed by atoms with E-state index in [1.807, 2.05) is 0 Å². The van der Waals surface area contributed by atoms with Gasteiger partial charge in [-0.25, -0.2) is 0 Å². The van der Waals surface area contributed by atoms with E-state index in [1.165, 1.54) is 29.2 Å². The number of fused-ring (bicyclic) bond motifs is 1. The summed E-state index contributed by atoms with van der Waals surface area (Å²) in [5.74, 6) is 0.635. The molecule has 0 heteroatoms. The average molecular weight is 194 g/mol. The van der Waals surface area contributed by atoms with Gasteiger partial charge in [0.1, 0.15) is 0 Å². The second-order valence-electron chi connectivity index (χ2n) is 4.18. The minimum absolute atomic E-state index is 0.635. The van der Waals surface area contributed by atoms with Crippen LogP contribution in [0.4, 0.5) is 0 Å². The predicted molar refractivity (Wildman–Crippen MR) is 65.1 cm³/mol. The van der Waals surface area contributed by atoms with Gasteiger partial charge in [-0.3, -0.25) is 0 Å². The fraction of sp³-hybridized carbons (Fsp3) is 0.200. The Morgan fingerprint density at radius 3 is 2.67 bits per heavy atom. The topological polar surface area (TPSA) is 0 Å². The summed E-state index contributed by atoms with van der Waals surface area (Å²) < 4.78 is 0. The van der Waals surface area contributed by atoms with Crippen LogP contribution in [0.2, 0.25) is 0 Å². The van der Waals surface area contributed by atoms with Gasteiger partial charge in [-0.1, -0.05) is 54.6 Å². The molecule has 0 saturated heterocycles. The smallest absolute Gasteiger partial charge is 0.00270 e. The number of rotatable bonds is 1. The van der Waals surface area contributed by atoms with Crippen molar-refractivity contribution in [1.82, 2.24) is 0 Å². The Bertz CT molecular complexity index is 503. The van der Waals surface area contributed by atoms with Gasteiger partial charge in [0.25, 0.3) is 0 Å². The molecule has 0 unspecified atom stereocenters. The zero-order valence-corrected chi connectivity index (χ0v) is 8.69. The molecule has 1 atom stereocenters. The quantitative estimate of drug-likeness (QED) is 0.594. The number of hydrogen-bond acceptors (Lipinski definition) is 0. The van der Waals surface area contributed by atoms with E-state index in [9.17, 15) is 0 Å². The lowest BCUT2D eigenvalue weighted by Crippen LogP contribution is -1.92. The Morgan fingerprint density at radius 2 is 1.80 bits per heavy atom. The standard InChI is InChI=1S/C15H14/c1-2-7-12(6-1)15-11-5-9-13-8-3-4-10-14(13)15/h1,3-6,8-12H,2,7H2/t12-/m1/s1. The summed E-state index contributed by atoms with van der Waals surface area (Å²) in [6.07, 6.45) is 7.15. The third kappa shape index (κ3) is 1.46. The van der Waals surface area contributed by atoms with Crippen LogP contribution < -0.4 is 0 Å². The molecule has 1 aliphatic carbocycles. The van der Waals surface area contributed by atoms with Crippen molar-refractivity contribution in [3.8, 4) is 0 Å². The Balaban J connectivity index is 2.21. The van der Waals surface area contributed by atoms with Crippen LogP contribution in [0.1, 0.15) is 24.3 Å². The largest absolute Gasteiger partial charge is 0.0879 e. The molecule has 0 amide bonds. The van der Waals surface area contributed by atoms with Crippen molar-refractivity contribution in [3.63, 3.8) is 0 Å². The molecule has 0 aliphatic heterocycles. The summed E-state index contributed by atoms with van der Waals surface area (Å²) in [6.45, 7) is 0. The van der Waals surface area contributed by atoms with Crippen molar-refractivity contribution < 1.29 is 0 Å². The van der Waals surface area contributed by atoms with E-state index >= 15 is 0 Å². The lowest BCUT2D eigenvalue weighted by Gasteiger charge is -2.11. The minimum Gasteiger partial charge on any atom is -0.0879 e. The van der Waals surface area contributed by atoms with E-state index in [4.69, 9.17) is 0 Å². The SMILES string of the molecule is C1=C[C@@H](c2cccc3ccccc23)CC1. The van der Waals surface area contributed by atoms with Gasteiger partial charge in [0.05, 0.1) is 0 Å². The Kier molecular flexibility index (Phi) is 2.06. The first-order valence-corrected chi connectivity index (χ1v) is 5.59. The van der Waals surface area contributed by atoms with Gasteiger partial charge in [-0.05, 0) is 29.2 Å². The van der Waals surface area contributed by atoms with Crippen LogP contribution in [0.3, 0.4) is 0 Å². The van der Waals surface area contributed by atoms with Crippen molar-refractivity contribution in [1.29, 1.82) is 0 Å². The number of benzene rings is 2. The first-order valence-electron chi connectivity index (χ1n) is 5.59. The van der Waals surface area contributed by atoms with Crippen molar-refractivity contribution in [2.75, 3.05) is 0 Å². The molecule has 2 aromatic carbocycles. The van der Waals surface area contributed by atoms with Gasteiger partial charge in [0.2, 0.25) is 0 Å². The molecule has 74 valence electrons. The van der Waals surface area contributed by atoms with Gasteiger partial charge < -0.3 is 0 Å². The second-order valence-corrected chi connectivity index (χ2v) is 4.18. The summed E-state index contributed by atoms with van der Waals surface area (Å²) >= 11 is 0. The highest BCUT2D eigenvalue weighted by atomic mass is 14.2. The van der Waals surface area contributed by atoms with Crippen LogP contribution in [0.5, 0.6) is 0 Å². The number of hydrogen-bond donors (Lipinski definition) is 0. The van der Waals surface area contributed by atoms with Crippen LogP contribution in [0, 0.1) is 0 Å². The molecule has 2 aromatic rings. The van der Waals surface area contributed by atoms with Crippen molar-refractivity contribution in [2.45, 2.75) is 18.8 Å². The third-order valence-electron chi connectivity index (χ3n) is 3.24. The van der Waals surface area contributed by atoms with E-state index in [0.29, 0.717) is 5.92 Å². The highest BCUT2D eigenvalue weighted by molar-refractivity contribution is 5.86. The lowest BCUT2D eigenvalue weighted by molar-refractivity contribution is 0.807. The van der Waals surface area contributed by atoms with Gasteiger partial charge in [0.15, 0.2) is 0 Å². The summed E-state index contributed by atoms with van der Waals surface area (Å²) in [5, 5.41) is 2.77. The normalized spacial score (nSPS) is 19.9. The molecule has 0 aromatic heterocycles. The Labute approximate surface area is 90.2 Å². The van der Waals surface area contributed by atoms with Crippen LogP contribution in [-0.4, -0.2) is 0 Å². The molecule has 0 fully saturated rings. The summed E-state index contributed by atoms with van der Waals surface area (Å²) in [6, 6.07) is 15.3. The molecule has 0 bridgehead atoms. The first kappa shape index (κ1) is 8.72. The first-order chi connectivity index (χ1) is 7.45. The molecule has 0 saturated carbocycles. The van der Waals surface area contributed by atoms with Crippen LogP contribution >= 0.6 is 0 Å². The van der Waals surface area contributed by atoms with Crippen LogP contribution in [0.15, 0.2) is 54.6 Å². The lowest BCUT2D eigenvalue weighted by atomic mass is 9.93. The fourth-order valence-corrected chi connectivity index (χ4v) is 2.47. The van der Waals surface area contributed by atoms with E-state index in [2.05, 4.69) is 54.6 Å². The molecule has 0 N–H and O–H groups in total. The van der Waals surface area contributed by atoms with E-state index in [-0.39, 0.29) is 0 Å². The molecule has 0 radical (unpaired) electrons. The molecular weight excluding hydrogens is 180 g/mol. The Morgan fingerprint density at radius 1 is 0.933 bits per heavy atom. The second kappa shape index (κ2) is 3.54.